The summed E-state index contributed by atoms with van der Waals surface area (Å²) in [5.41, 5.74) is 0. The third kappa shape index (κ3) is 2.02. The highest BCUT2D eigenvalue weighted by Gasteiger charge is 2.23. The molecule has 1 saturated carbocycles. The molecule has 56 valence electrons. The standard InChI is InChI=1S/C9H13Br/c1-2-3-5-8-6-4-7-9(8)10/h8-9H,4-7H2,1H3. The molecule has 1 rings (SSSR count). The summed E-state index contributed by atoms with van der Waals surface area (Å²) in [6.45, 7) is 1.91. The molecule has 0 amide bonds. The van der Waals surface area contributed by atoms with Crippen molar-refractivity contribution in [3.8, 4) is 11.8 Å². The molecule has 0 heterocycles. The Bertz CT molecular complexity index is 152. The third-order valence-electron chi connectivity index (χ3n) is 2.11. The maximum Gasteiger partial charge on any atom is 0.0183 e. The van der Waals surface area contributed by atoms with Gasteiger partial charge in [-0.25, -0.2) is 0 Å². The summed E-state index contributed by atoms with van der Waals surface area (Å²) in [7, 11) is 0. The fourth-order valence-corrected chi connectivity index (χ4v) is 2.23. The Kier molecular flexibility index (Phi) is 3.28. The lowest BCUT2D eigenvalue weighted by atomic mass is 10.1. The second kappa shape index (κ2) is 4.03. The molecule has 1 fully saturated rings. The van der Waals surface area contributed by atoms with Crippen LogP contribution in [0.15, 0.2) is 0 Å². The quantitative estimate of drug-likeness (QED) is 0.452. The van der Waals surface area contributed by atoms with Gasteiger partial charge in [-0.2, -0.15) is 0 Å². The number of rotatable bonds is 1. The molecule has 0 nitrogen and oxygen atoms in total. The smallest absolute Gasteiger partial charge is 0.0183 e. The average Bonchev–Trinajstić information content (AvgIpc) is 2.31. The van der Waals surface area contributed by atoms with Crippen molar-refractivity contribution in [3.63, 3.8) is 0 Å². The monoisotopic (exact) mass is 200 g/mol. The summed E-state index contributed by atoms with van der Waals surface area (Å²) < 4.78 is 0. The Balaban J connectivity index is 2.31. The molecule has 1 heteroatoms. The molecule has 0 aromatic heterocycles. The van der Waals surface area contributed by atoms with Crippen LogP contribution in [-0.4, -0.2) is 4.83 Å². The van der Waals surface area contributed by atoms with Gasteiger partial charge < -0.3 is 0 Å². The highest BCUT2D eigenvalue weighted by molar-refractivity contribution is 9.09. The van der Waals surface area contributed by atoms with E-state index in [1.165, 1.54) is 19.3 Å². The Hall–Kier alpha value is 0.0400. The van der Waals surface area contributed by atoms with Crippen molar-refractivity contribution in [2.75, 3.05) is 0 Å². The first-order chi connectivity index (χ1) is 4.84. The van der Waals surface area contributed by atoms with Crippen LogP contribution in [0, 0.1) is 17.8 Å². The summed E-state index contributed by atoms with van der Waals surface area (Å²) in [6.07, 6.45) is 5.18. The fraction of sp³-hybridized carbons (Fsp3) is 0.778. The molecule has 0 aromatic carbocycles. The van der Waals surface area contributed by atoms with Crippen molar-refractivity contribution in [2.45, 2.75) is 37.4 Å². The third-order valence-corrected chi connectivity index (χ3v) is 3.31. The molecule has 0 radical (unpaired) electrons. The van der Waals surface area contributed by atoms with Gasteiger partial charge in [0.1, 0.15) is 0 Å². The Labute approximate surface area is 71.5 Å². The Morgan fingerprint density at radius 3 is 2.80 bits per heavy atom. The summed E-state index contributed by atoms with van der Waals surface area (Å²) in [6, 6.07) is 0. The van der Waals surface area contributed by atoms with Crippen LogP contribution in [0.1, 0.15) is 32.6 Å². The molecule has 10 heavy (non-hydrogen) atoms. The van der Waals surface area contributed by atoms with Gasteiger partial charge in [-0.05, 0) is 25.7 Å². The van der Waals surface area contributed by atoms with E-state index in [0.717, 1.165) is 17.2 Å². The molecular formula is C9H13Br. The van der Waals surface area contributed by atoms with Crippen LogP contribution in [-0.2, 0) is 0 Å². The van der Waals surface area contributed by atoms with Crippen LogP contribution in [0.3, 0.4) is 0 Å². The molecule has 0 aromatic rings. The van der Waals surface area contributed by atoms with Crippen LogP contribution < -0.4 is 0 Å². The lowest BCUT2D eigenvalue weighted by Crippen LogP contribution is -2.04. The van der Waals surface area contributed by atoms with Gasteiger partial charge in [0.05, 0.1) is 0 Å². The van der Waals surface area contributed by atoms with Crippen molar-refractivity contribution in [3.05, 3.63) is 0 Å². The van der Waals surface area contributed by atoms with Gasteiger partial charge in [-0.15, -0.1) is 11.8 Å². The van der Waals surface area contributed by atoms with E-state index in [1.54, 1.807) is 0 Å². The SMILES string of the molecule is CC#CCC1CCCC1Br. The highest BCUT2D eigenvalue weighted by atomic mass is 79.9. The lowest BCUT2D eigenvalue weighted by molar-refractivity contribution is 0.584. The fourth-order valence-electron chi connectivity index (χ4n) is 1.45. The number of halogens is 1. The van der Waals surface area contributed by atoms with Crippen LogP contribution >= 0.6 is 15.9 Å². The summed E-state index contributed by atoms with van der Waals surface area (Å²) in [5.74, 6) is 6.91. The molecule has 1 aliphatic rings. The zero-order chi connectivity index (χ0) is 7.40. The Morgan fingerprint density at radius 2 is 2.30 bits per heavy atom. The van der Waals surface area contributed by atoms with E-state index in [0.29, 0.717) is 0 Å². The average molecular weight is 201 g/mol. The van der Waals surface area contributed by atoms with Crippen LogP contribution in [0.5, 0.6) is 0 Å². The molecule has 0 aliphatic heterocycles. The predicted octanol–water partition coefficient (Wildman–Crippen LogP) is 2.96. The normalized spacial score (nSPS) is 31.4. The van der Waals surface area contributed by atoms with Crippen molar-refractivity contribution in [1.82, 2.24) is 0 Å². The lowest BCUT2D eigenvalue weighted by Gasteiger charge is -2.08. The Morgan fingerprint density at radius 1 is 1.50 bits per heavy atom. The van der Waals surface area contributed by atoms with Gasteiger partial charge in [0.25, 0.3) is 0 Å². The topological polar surface area (TPSA) is 0 Å². The first-order valence-electron chi connectivity index (χ1n) is 3.88. The summed E-state index contributed by atoms with van der Waals surface area (Å²) in [5, 5.41) is 0. The van der Waals surface area contributed by atoms with E-state index in [-0.39, 0.29) is 0 Å². The van der Waals surface area contributed by atoms with E-state index in [9.17, 15) is 0 Å². The minimum atomic E-state index is 0.744. The van der Waals surface area contributed by atoms with Crippen molar-refractivity contribution in [1.29, 1.82) is 0 Å². The first-order valence-corrected chi connectivity index (χ1v) is 4.80. The van der Waals surface area contributed by atoms with Crippen molar-refractivity contribution in [2.24, 2.45) is 5.92 Å². The van der Waals surface area contributed by atoms with Gasteiger partial charge in [0, 0.05) is 11.2 Å². The second-order valence-corrected chi connectivity index (χ2v) is 4.01. The van der Waals surface area contributed by atoms with E-state index in [2.05, 4.69) is 27.8 Å². The van der Waals surface area contributed by atoms with Crippen LogP contribution in [0.2, 0.25) is 0 Å². The van der Waals surface area contributed by atoms with Gasteiger partial charge in [-0.1, -0.05) is 22.4 Å². The second-order valence-electron chi connectivity index (χ2n) is 2.84. The molecule has 2 atom stereocenters. The van der Waals surface area contributed by atoms with Crippen LogP contribution in [0.4, 0.5) is 0 Å². The van der Waals surface area contributed by atoms with Gasteiger partial charge >= 0.3 is 0 Å². The predicted molar refractivity (Wildman–Crippen MR) is 48.1 cm³/mol. The number of hydrogen-bond acceptors (Lipinski definition) is 0. The molecule has 1 aliphatic carbocycles. The van der Waals surface area contributed by atoms with E-state index >= 15 is 0 Å². The van der Waals surface area contributed by atoms with Gasteiger partial charge in [-0.3, -0.25) is 0 Å². The van der Waals surface area contributed by atoms with E-state index in [1.807, 2.05) is 6.92 Å². The minimum Gasteiger partial charge on any atom is -0.107 e. The molecule has 0 bridgehead atoms. The molecule has 2 unspecified atom stereocenters. The first kappa shape index (κ1) is 8.14. The van der Waals surface area contributed by atoms with E-state index < -0.39 is 0 Å². The molecule has 0 N–H and O–H groups in total. The molecule has 0 saturated heterocycles. The van der Waals surface area contributed by atoms with Crippen LogP contribution in [0.25, 0.3) is 0 Å². The zero-order valence-electron chi connectivity index (χ0n) is 6.36. The van der Waals surface area contributed by atoms with Crippen molar-refractivity contribution >= 4 is 15.9 Å². The largest absolute Gasteiger partial charge is 0.107 e. The zero-order valence-corrected chi connectivity index (χ0v) is 7.95. The maximum absolute atomic E-state index is 3.67. The minimum absolute atomic E-state index is 0.744. The maximum atomic E-state index is 3.67. The van der Waals surface area contributed by atoms with Gasteiger partial charge in [0.15, 0.2) is 0 Å². The summed E-state index contributed by atoms with van der Waals surface area (Å²) in [4.78, 5) is 0.744. The highest BCUT2D eigenvalue weighted by Crippen LogP contribution is 2.33. The van der Waals surface area contributed by atoms with Crippen molar-refractivity contribution < 1.29 is 0 Å². The van der Waals surface area contributed by atoms with E-state index in [4.69, 9.17) is 0 Å². The molecular weight excluding hydrogens is 188 g/mol. The number of hydrogen-bond donors (Lipinski definition) is 0. The number of alkyl halides is 1. The summed E-state index contributed by atoms with van der Waals surface area (Å²) >= 11 is 3.67. The van der Waals surface area contributed by atoms with Gasteiger partial charge in [0.2, 0.25) is 0 Å². The molecule has 0 spiro atoms.